The molecule has 0 radical (unpaired) electrons. The van der Waals surface area contributed by atoms with Crippen LogP contribution in [0.4, 0.5) is 17.1 Å². The zero-order chi connectivity index (χ0) is 17.6. The van der Waals surface area contributed by atoms with Crippen LogP contribution in [0, 0.1) is 6.92 Å². The van der Waals surface area contributed by atoms with E-state index in [9.17, 15) is 9.59 Å². The molecule has 0 aliphatic rings. The van der Waals surface area contributed by atoms with Crippen LogP contribution in [0.5, 0.6) is 0 Å². The fraction of sp³-hybridized carbons (Fsp3) is 0.0476. The highest BCUT2D eigenvalue weighted by Crippen LogP contribution is 2.25. The molecule has 0 saturated carbocycles. The summed E-state index contributed by atoms with van der Waals surface area (Å²) in [6.45, 7) is 1.96. The molecule has 2 amide bonds. The van der Waals surface area contributed by atoms with Crippen LogP contribution in [0.25, 0.3) is 0 Å². The Hall–Kier alpha value is -3.40. The number of para-hydroxylation sites is 2. The van der Waals surface area contributed by atoms with Crippen molar-refractivity contribution >= 4 is 28.9 Å². The molecule has 25 heavy (non-hydrogen) atoms. The number of amides is 2. The average Bonchev–Trinajstić information content (AvgIpc) is 2.65. The first-order chi connectivity index (χ1) is 12.1. The van der Waals surface area contributed by atoms with Crippen LogP contribution in [-0.2, 0) is 9.59 Å². The number of rotatable bonds is 3. The van der Waals surface area contributed by atoms with Crippen molar-refractivity contribution in [2.45, 2.75) is 6.92 Å². The van der Waals surface area contributed by atoms with Gasteiger partial charge in [0.25, 0.3) is 0 Å². The number of benzene rings is 3. The van der Waals surface area contributed by atoms with Gasteiger partial charge < -0.3 is 5.32 Å². The lowest BCUT2D eigenvalue weighted by molar-refractivity contribution is -0.134. The molecule has 0 aliphatic carbocycles. The topological polar surface area (TPSA) is 49.4 Å². The summed E-state index contributed by atoms with van der Waals surface area (Å²) >= 11 is 0. The highest BCUT2D eigenvalue weighted by molar-refractivity contribution is 6.45. The van der Waals surface area contributed by atoms with Gasteiger partial charge in [-0.3, -0.25) is 14.5 Å². The van der Waals surface area contributed by atoms with Gasteiger partial charge in [-0.25, -0.2) is 0 Å². The Kier molecular flexibility index (Phi) is 4.90. The molecular formula is C21H18N2O2. The van der Waals surface area contributed by atoms with E-state index in [4.69, 9.17) is 0 Å². The van der Waals surface area contributed by atoms with Gasteiger partial charge in [0.05, 0.1) is 0 Å². The number of aryl methyl sites for hydroxylation is 1. The van der Waals surface area contributed by atoms with Crippen molar-refractivity contribution in [1.82, 2.24) is 0 Å². The Labute approximate surface area is 146 Å². The van der Waals surface area contributed by atoms with Gasteiger partial charge in [0.15, 0.2) is 0 Å². The maximum absolute atomic E-state index is 12.8. The van der Waals surface area contributed by atoms with Crippen LogP contribution in [-0.4, -0.2) is 11.8 Å². The molecule has 0 heterocycles. The van der Waals surface area contributed by atoms with E-state index in [1.54, 1.807) is 36.4 Å². The third-order valence-corrected chi connectivity index (χ3v) is 3.74. The molecule has 0 unspecified atom stereocenters. The first kappa shape index (κ1) is 16.5. The number of anilines is 3. The molecule has 0 aromatic heterocycles. The Bertz CT molecular complexity index is 820. The molecule has 3 rings (SSSR count). The third kappa shape index (κ3) is 3.93. The lowest BCUT2D eigenvalue weighted by Gasteiger charge is -2.22. The summed E-state index contributed by atoms with van der Waals surface area (Å²) in [6, 6.07) is 25.5. The minimum Gasteiger partial charge on any atom is -0.318 e. The van der Waals surface area contributed by atoms with Crippen LogP contribution >= 0.6 is 0 Å². The van der Waals surface area contributed by atoms with E-state index in [2.05, 4.69) is 5.32 Å². The number of hydrogen-bond acceptors (Lipinski definition) is 2. The maximum atomic E-state index is 12.8. The molecule has 124 valence electrons. The van der Waals surface area contributed by atoms with Gasteiger partial charge in [0.1, 0.15) is 0 Å². The SMILES string of the molecule is Cc1ccc(NC(=O)C(=O)N(c2ccccc2)c2ccccc2)cc1. The zero-order valence-electron chi connectivity index (χ0n) is 13.8. The Morgan fingerprint density at radius 1 is 0.720 bits per heavy atom. The number of nitrogens with zero attached hydrogens (tertiary/aromatic N) is 1. The van der Waals surface area contributed by atoms with Gasteiger partial charge >= 0.3 is 11.8 Å². The summed E-state index contributed by atoms with van der Waals surface area (Å²) in [7, 11) is 0. The van der Waals surface area contributed by atoms with E-state index >= 15 is 0 Å². The van der Waals surface area contributed by atoms with E-state index in [1.807, 2.05) is 55.5 Å². The average molecular weight is 330 g/mol. The molecule has 0 fully saturated rings. The molecular weight excluding hydrogens is 312 g/mol. The first-order valence-electron chi connectivity index (χ1n) is 7.97. The summed E-state index contributed by atoms with van der Waals surface area (Å²) < 4.78 is 0. The minimum absolute atomic E-state index is 0.588. The van der Waals surface area contributed by atoms with E-state index in [1.165, 1.54) is 4.90 Å². The quantitative estimate of drug-likeness (QED) is 0.728. The van der Waals surface area contributed by atoms with Crippen molar-refractivity contribution in [3.63, 3.8) is 0 Å². The fourth-order valence-electron chi connectivity index (χ4n) is 2.46. The lowest BCUT2D eigenvalue weighted by Crippen LogP contribution is -2.36. The van der Waals surface area contributed by atoms with Crippen LogP contribution in [0.2, 0.25) is 0 Å². The molecule has 1 N–H and O–H groups in total. The second kappa shape index (κ2) is 7.45. The summed E-state index contributed by atoms with van der Waals surface area (Å²) in [6.07, 6.45) is 0. The van der Waals surface area contributed by atoms with Gasteiger partial charge in [-0.2, -0.15) is 0 Å². The van der Waals surface area contributed by atoms with E-state index in [-0.39, 0.29) is 0 Å². The van der Waals surface area contributed by atoms with Crippen molar-refractivity contribution in [2.24, 2.45) is 0 Å². The zero-order valence-corrected chi connectivity index (χ0v) is 13.8. The van der Waals surface area contributed by atoms with Crippen LogP contribution < -0.4 is 10.2 Å². The maximum Gasteiger partial charge on any atom is 0.321 e. The van der Waals surface area contributed by atoms with Crippen molar-refractivity contribution in [3.8, 4) is 0 Å². The molecule has 0 spiro atoms. The van der Waals surface area contributed by atoms with Gasteiger partial charge in [0, 0.05) is 17.1 Å². The van der Waals surface area contributed by atoms with Crippen LogP contribution in [0.1, 0.15) is 5.56 Å². The molecule has 3 aromatic rings. The minimum atomic E-state index is -0.684. The standard InChI is InChI=1S/C21H18N2O2/c1-16-12-14-17(15-13-16)22-20(24)21(25)23(18-8-4-2-5-9-18)19-10-6-3-7-11-19/h2-15H,1H3,(H,22,24). The molecule has 4 nitrogen and oxygen atoms in total. The van der Waals surface area contributed by atoms with Crippen molar-refractivity contribution < 1.29 is 9.59 Å². The largest absolute Gasteiger partial charge is 0.321 e. The molecule has 0 aliphatic heterocycles. The molecule has 4 heteroatoms. The van der Waals surface area contributed by atoms with Crippen molar-refractivity contribution in [1.29, 1.82) is 0 Å². The molecule has 0 saturated heterocycles. The predicted molar refractivity (Wildman–Crippen MR) is 99.8 cm³/mol. The van der Waals surface area contributed by atoms with Crippen LogP contribution in [0.15, 0.2) is 84.9 Å². The van der Waals surface area contributed by atoms with E-state index < -0.39 is 11.8 Å². The molecule has 0 atom stereocenters. The Balaban J connectivity index is 1.89. The summed E-state index contributed by atoms with van der Waals surface area (Å²) in [5.74, 6) is -1.32. The second-order valence-electron chi connectivity index (χ2n) is 5.63. The predicted octanol–water partition coefficient (Wildman–Crippen LogP) is 4.30. The Morgan fingerprint density at radius 3 is 1.68 bits per heavy atom. The third-order valence-electron chi connectivity index (χ3n) is 3.74. The normalized spacial score (nSPS) is 10.1. The van der Waals surface area contributed by atoms with E-state index in [0.717, 1.165) is 5.56 Å². The smallest absolute Gasteiger partial charge is 0.318 e. The van der Waals surface area contributed by atoms with Crippen molar-refractivity contribution in [3.05, 3.63) is 90.5 Å². The lowest BCUT2D eigenvalue weighted by atomic mass is 10.2. The molecule has 3 aromatic carbocycles. The summed E-state index contributed by atoms with van der Waals surface area (Å²) in [4.78, 5) is 26.7. The first-order valence-corrected chi connectivity index (χ1v) is 7.97. The summed E-state index contributed by atoms with van der Waals surface area (Å²) in [5, 5.41) is 2.66. The van der Waals surface area contributed by atoms with Gasteiger partial charge in [0.2, 0.25) is 0 Å². The van der Waals surface area contributed by atoms with Crippen LogP contribution in [0.3, 0.4) is 0 Å². The number of nitrogens with one attached hydrogen (secondary N) is 1. The number of hydrogen-bond donors (Lipinski definition) is 1. The monoisotopic (exact) mass is 330 g/mol. The second-order valence-corrected chi connectivity index (χ2v) is 5.63. The summed E-state index contributed by atoms with van der Waals surface area (Å²) in [5.41, 5.74) is 2.94. The van der Waals surface area contributed by atoms with E-state index in [0.29, 0.717) is 17.1 Å². The van der Waals surface area contributed by atoms with Crippen molar-refractivity contribution in [2.75, 3.05) is 10.2 Å². The number of carbonyl (C=O) groups is 2. The number of carbonyl (C=O) groups excluding carboxylic acids is 2. The van der Waals surface area contributed by atoms with Gasteiger partial charge in [-0.15, -0.1) is 0 Å². The highest BCUT2D eigenvalue weighted by atomic mass is 16.2. The highest BCUT2D eigenvalue weighted by Gasteiger charge is 2.24. The Morgan fingerprint density at radius 2 is 1.20 bits per heavy atom. The fourth-order valence-corrected chi connectivity index (χ4v) is 2.46. The molecule has 0 bridgehead atoms. The van der Waals surface area contributed by atoms with Gasteiger partial charge in [-0.1, -0.05) is 54.1 Å². The van der Waals surface area contributed by atoms with Gasteiger partial charge in [-0.05, 0) is 43.3 Å².